The van der Waals surface area contributed by atoms with Crippen molar-refractivity contribution in [1.29, 1.82) is 5.26 Å². The van der Waals surface area contributed by atoms with Crippen LogP contribution >= 0.6 is 11.3 Å². The molecule has 2 heterocycles. The first-order valence-electron chi connectivity index (χ1n) is 6.36. The Morgan fingerprint density at radius 1 is 1.56 bits per heavy atom. The fourth-order valence-electron chi connectivity index (χ4n) is 2.36. The highest BCUT2D eigenvalue weighted by molar-refractivity contribution is 7.12. The average Bonchev–Trinajstić information content (AvgIpc) is 2.75. The number of hydrogen-bond acceptors (Lipinski definition) is 5. The fourth-order valence-corrected chi connectivity index (χ4v) is 3.25. The molecule has 0 aliphatic carbocycles. The summed E-state index contributed by atoms with van der Waals surface area (Å²) in [6, 6.07) is 2.83. The predicted octanol–water partition coefficient (Wildman–Crippen LogP) is 2.54. The van der Waals surface area contributed by atoms with Crippen LogP contribution in [-0.2, 0) is 17.9 Å². The molecule has 1 unspecified atom stereocenters. The number of likely N-dealkylation sites (tertiary alicyclic amines) is 1. The minimum atomic E-state index is 0.426. The number of nitrogens with zero attached hydrogens (tertiary/aromatic N) is 3. The summed E-state index contributed by atoms with van der Waals surface area (Å²) in [6.07, 6.45) is 3.86. The smallest absolute Gasteiger partial charge is 0.130 e. The summed E-state index contributed by atoms with van der Waals surface area (Å²) < 4.78 is 5.07. The van der Waals surface area contributed by atoms with Crippen LogP contribution in [0, 0.1) is 11.3 Å². The quantitative estimate of drug-likeness (QED) is 0.839. The van der Waals surface area contributed by atoms with Crippen LogP contribution in [0.4, 0.5) is 0 Å². The predicted molar refractivity (Wildman–Crippen MR) is 71.3 cm³/mol. The first-order chi connectivity index (χ1) is 8.74. The van der Waals surface area contributed by atoms with Gasteiger partial charge in [0, 0.05) is 13.2 Å². The molecule has 4 nitrogen and oxygen atoms in total. The molecule has 1 aromatic heterocycles. The van der Waals surface area contributed by atoms with Gasteiger partial charge >= 0.3 is 0 Å². The summed E-state index contributed by atoms with van der Waals surface area (Å²) in [5, 5.41) is 10.1. The lowest BCUT2D eigenvalue weighted by molar-refractivity contribution is 0.151. The molecule has 18 heavy (non-hydrogen) atoms. The zero-order chi connectivity index (χ0) is 13.0. The molecule has 0 saturated carbocycles. The van der Waals surface area contributed by atoms with E-state index in [2.05, 4.69) is 22.9 Å². The van der Waals surface area contributed by atoms with Crippen molar-refractivity contribution in [3.63, 3.8) is 0 Å². The van der Waals surface area contributed by atoms with Gasteiger partial charge in [0.25, 0.3) is 0 Å². The van der Waals surface area contributed by atoms with Crippen molar-refractivity contribution in [2.75, 3.05) is 13.7 Å². The number of nitriles is 1. The van der Waals surface area contributed by atoms with Crippen LogP contribution in [0.15, 0.2) is 0 Å². The van der Waals surface area contributed by atoms with E-state index in [0.717, 1.165) is 23.8 Å². The maximum Gasteiger partial charge on any atom is 0.130 e. The molecule has 0 aromatic carbocycles. The minimum Gasteiger partial charge on any atom is -0.378 e. The van der Waals surface area contributed by atoms with E-state index in [-0.39, 0.29) is 0 Å². The van der Waals surface area contributed by atoms with Crippen molar-refractivity contribution in [2.24, 2.45) is 0 Å². The molecule has 0 radical (unpaired) electrons. The van der Waals surface area contributed by atoms with E-state index in [1.807, 2.05) is 0 Å². The van der Waals surface area contributed by atoms with Crippen LogP contribution in [-0.4, -0.2) is 29.6 Å². The largest absolute Gasteiger partial charge is 0.378 e. The zero-order valence-corrected chi connectivity index (χ0v) is 11.8. The SMILES string of the molecule is COCc1nc(CN2CCCCC2C)sc1C#N. The molecule has 1 saturated heterocycles. The van der Waals surface area contributed by atoms with Crippen LogP contribution in [0.3, 0.4) is 0 Å². The summed E-state index contributed by atoms with van der Waals surface area (Å²) >= 11 is 1.50. The van der Waals surface area contributed by atoms with Crippen molar-refractivity contribution in [1.82, 2.24) is 9.88 Å². The van der Waals surface area contributed by atoms with Gasteiger partial charge in [-0.15, -0.1) is 11.3 Å². The summed E-state index contributed by atoms with van der Waals surface area (Å²) in [4.78, 5) is 7.68. The molecule has 1 aliphatic heterocycles. The molecule has 1 fully saturated rings. The standard InChI is InChI=1S/C13H19N3OS/c1-10-5-3-4-6-16(10)8-13-15-11(9-17-2)12(7-14)18-13/h10H,3-6,8-9H2,1-2H3. The summed E-state index contributed by atoms with van der Waals surface area (Å²) in [7, 11) is 1.63. The molecule has 0 N–H and O–H groups in total. The Bertz CT molecular complexity index is 438. The van der Waals surface area contributed by atoms with Crippen molar-refractivity contribution in [2.45, 2.75) is 45.4 Å². The second-order valence-electron chi connectivity index (χ2n) is 4.74. The lowest BCUT2D eigenvalue weighted by Crippen LogP contribution is -2.36. The monoisotopic (exact) mass is 265 g/mol. The van der Waals surface area contributed by atoms with Crippen LogP contribution in [0.1, 0.15) is 41.8 Å². The van der Waals surface area contributed by atoms with Gasteiger partial charge in [-0.25, -0.2) is 4.98 Å². The highest BCUT2D eigenvalue weighted by Crippen LogP contribution is 2.23. The van der Waals surface area contributed by atoms with Gasteiger partial charge in [-0.1, -0.05) is 6.42 Å². The Morgan fingerprint density at radius 2 is 2.39 bits per heavy atom. The van der Waals surface area contributed by atoms with E-state index in [4.69, 9.17) is 10.00 Å². The fraction of sp³-hybridized carbons (Fsp3) is 0.692. The summed E-state index contributed by atoms with van der Waals surface area (Å²) in [5.74, 6) is 0. The lowest BCUT2D eigenvalue weighted by atomic mass is 10.0. The number of thiazole rings is 1. The highest BCUT2D eigenvalue weighted by atomic mass is 32.1. The van der Waals surface area contributed by atoms with Crippen LogP contribution in [0.25, 0.3) is 0 Å². The molecular formula is C13H19N3OS. The molecule has 0 bridgehead atoms. The third-order valence-corrected chi connectivity index (χ3v) is 4.39. The molecule has 5 heteroatoms. The van der Waals surface area contributed by atoms with Gasteiger partial charge in [0.05, 0.1) is 18.8 Å². The number of aromatic nitrogens is 1. The molecule has 2 rings (SSSR count). The van der Waals surface area contributed by atoms with Gasteiger partial charge in [-0.2, -0.15) is 5.26 Å². The third kappa shape index (κ3) is 3.08. The highest BCUT2D eigenvalue weighted by Gasteiger charge is 2.20. The van der Waals surface area contributed by atoms with Crippen LogP contribution in [0.5, 0.6) is 0 Å². The van der Waals surface area contributed by atoms with Crippen molar-refractivity contribution < 1.29 is 4.74 Å². The zero-order valence-electron chi connectivity index (χ0n) is 11.0. The van der Waals surface area contributed by atoms with Crippen LogP contribution in [0.2, 0.25) is 0 Å². The second kappa shape index (κ2) is 6.28. The van der Waals surface area contributed by atoms with E-state index in [1.165, 1.54) is 30.6 Å². The van der Waals surface area contributed by atoms with Gasteiger partial charge in [0.2, 0.25) is 0 Å². The van der Waals surface area contributed by atoms with Gasteiger partial charge in [-0.3, -0.25) is 4.90 Å². The molecule has 0 amide bonds. The van der Waals surface area contributed by atoms with Gasteiger partial charge in [-0.05, 0) is 26.3 Å². The van der Waals surface area contributed by atoms with E-state index < -0.39 is 0 Å². The van der Waals surface area contributed by atoms with Gasteiger partial charge in [0.15, 0.2) is 0 Å². The average molecular weight is 265 g/mol. The Morgan fingerprint density at radius 3 is 3.06 bits per heavy atom. The molecule has 1 atom stereocenters. The summed E-state index contributed by atoms with van der Waals surface area (Å²) in [6.45, 7) is 4.70. The minimum absolute atomic E-state index is 0.426. The second-order valence-corrected chi connectivity index (χ2v) is 5.83. The maximum atomic E-state index is 9.07. The number of methoxy groups -OCH3 is 1. The lowest BCUT2D eigenvalue weighted by Gasteiger charge is -2.32. The van der Waals surface area contributed by atoms with Crippen LogP contribution < -0.4 is 0 Å². The normalized spacial score (nSPS) is 20.8. The molecule has 1 aromatic rings. The molecular weight excluding hydrogens is 246 g/mol. The Labute approximate surface area is 112 Å². The maximum absolute atomic E-state index is 9.07. The van der Waals surface area contributed by atoms with E-state index in [0.29, 0.717) is 17.5 Å². The molecule has 0 spiro atoms. The van der Waals surface area contributed by atoms with Gasteiger partial charge < -0.3 is 4.74 Å². The molecule has 1 aliphatic rings. The van der Waals surface area contributed by atoms with Crippen molar-refractivity contribution >= 4 is 11.3 Å². The Balaban J connectivity index is 2.07. The van der Waals surface area contributed by atoms with E-state index >= 15 is 0 Å². The first kappa shape index (κ1) is 13.5. The third-order valence-electron chi connectivity index (χ3n) is 3.40. The van der Waals surface area contributed by atoms with Crippen molar-refractivity contribution in [3.8, 4) is 6.07 Å². The van der Waals surface area contributed by atoms with E-state index in [1.54, 1.807) is 7.11 Å². The Kier molecular flexibility index (Phi) is 4.70. The van der Waals surface area contributed by atoms with Gasteiger partial charge in [0.1, 0.15) is 16.0 Å². The first-order valence-corrected chi connectivity index (χ1v) is 7.18. The molecule has 98 valence electrons. The van der Waals surface area contributed by atoms with Crippen molar-refractivity contribution in [3.05, 3.63) is 15.6 Å². The number of rotatable bonds is 4. The summed E-state index contributed by atoms with van der Waals surface area (Å²) in [5.41, 5.74) is 0.782. The van der Waals surface area contributed by atoms with E-state index in [9.17, 15) is 0 Å². The number of hydrogen-bond donors (Lipinski definition) is 0. The number of ether oxygens (including phenoxy) is 1. The topological polar surface area (TPSA) is 49.1 Å². The number of piperidine rings is 1. The Hall–Kier alpha value is -0.960.